The van der Waals surface area contributed by atoms with Crippen molar-refractivity contribution in [2.75, 3.05) is 16.8 Å². The predicted octanol–water partition coefficient (Wildman–Crippen LogP) is 1.90. The van der Waals surface area contributed by atoms with Gasteiger partial charge in [-0.15, -0.1) is 0 Å². The lowest BCUT2D eigenvalue weighted by Gasteiger charge is -2.38. The largest absolute Gasteiger partial charge is 0.456 e. The highest BCUT2D eigenvalue weighted by atomic mass is 16.5. The first-order chi connectivity index (χ1) is 13.6. The van der Waals surface area contributed by atoms with Crippen LogP contribution in [0.2, 0.25) is 0 Å². The van der Waals surface area contributed by atoms with Gasteiger partial charge < -0.3 is 15.8 Å². The summed E-state index contributed by atoms with van der Waals surface area (Å²) in [5.41, 5.74) is 7.22. The van der Waals surface area contributed by atoms with Gasteiger partial charge in [0.25, 0.3) is 0 Å². The normalized spacial score (nSPS) is 22.8. The molecule has 5 rings (SSSR count). The second-order valence-corrected chi connectivity index (χ2v) is 6.69. The maximum atomic E-state index is 13.2. The molecule has 3 N–H and O–H groups in total. The number of fused-ring (bicyclic) bond motifs is 3. The van der Waals surface area contributed by atoms with Crippen molar-refractivity contribution in [1.29, 1.82) is 5.26 Å². The minimum absolute atomic E-state index is 0.0106. The Labute approximate surface area is 160 Å². The summed E-state index contributed by atoms with van der Waals surface area (Å²) in [6, 6.07) is 18.2. The van der Waals surface area contributed by atoms with Crippen molar-refractivity contribution in [3.05, 3.63) is 82.8 Å². The van der Waals surface area contributed by atoms with E-state index in [4.69, 9.17) is 10.5 Å². The Balaban J connectivity index is 1.88. The molecule has 2 aromatic rings. The van der Waals surface area contributed by atoms with E-state index in [0.717, 1.165) is 0 Å². The molecule has 2 aromatic carbocycles. The van der Waals surface area contributed by atoms with E-state index in [2.05, 4.69) is 11.4 Å². The standard InChI is InChI=1S/C21H14N4O3/c22-10-14-18(23)25(12-6-2-1-3-7-12)16-11-28-19(26)17(16)21(14)13-8-4-5-9-15(13)24-20(21)27/h1-9H,11,23H2,(H,24,27). The van der Waals surface area contributed by atoms with E-state index in [1.165, 1.54) is 0 Å². The zero-order valence-electron chi connectivity index (χ0n) is 14.6. The molecule has 28 heavy (non-hydrogen) atoms. The average Bonchev–Trinajstić information content (AvgIpc) is 3.22. The van der Waals surface area contributed by atoms with Crippen LogP contribution in [0.15, 0.2) is 77.3 Å². The number of cyclic esters (lactones) is 1. The summed E-state index contributed by atoms with van der Waals surface area (Å²) in [4.78, 5) is 27.7. The fourth-order valence-corrected chi connectivity index (χ4v) is 4.28. The van der Waals surface area contributed by atoms with Crippen molar-refractivity contribution in [2.45, 2.75) is 5.41 Å². The molecule has 0 radical (unpaired) electrons. The van der Waals surface area contributed by atoms with Crippen LogP contribution >= 0.6 is 0 Å². The Bertz CT molecular complexity index is 1160. The highest BCUT2D eigenvalue weighted by molar-refractivity contribution is 6.18. The number of nitrogens with zero attached hydrogens (tertiary/aromatic N) is 2. The molecule has 7 heteroatoms. The van der Waals surface area contributed by atoms with Gasteiger partial charge in [0, 0.05) is 16.9 Å². The number of ether oxygens (including phenoxy) is 1. The Morgan fingerprint density at radius 3 is 2.57 bits per heavy atom. The van der Waals surface area contributed by atoms with Crippen LogP contribution in [-0.2, 0) is 19.7 Å². The van der Waals surface area contributed by atoms with E-state index in [1.54, 1.807) is 29.2 Å². The van der Waals surface area contributed by atoms with Gasteiger partial charge in [-0.3, -0.25) is 9.69 Å². The van der Waals surface area contributed by atoms with Gasteiger partial charge in [0.15, 0.2) is 0 Å². The number of benzene rings is 2. The zero-order chi connectivity index (χ0) is 19.5. The van der Waals surface area contributed by atoms with Gasteiger partial charge >= 0.3 is 5.97 Å². The number of para-hydroxylation sites is 2. The minimum Gasteiger partial charge on any atom is -0.456 e. The summed E-state index contributed by atoms with van der Waals surface area (Å²) in [6.07, 6.45) is 0. The predicted molar refractivity (Wildman–Crippen MR) is 100 cm³/mol. The Morgan fingerprint density at radius 2 is 1.82 bits per heavy atom. The Hall–Kier alpha value is -4.05. The summed E-state index contributed by atoms with van der Waals surface area (Å²) in [6.45, 7) is -0.0281. The molecular weight excluding hydrogens is 356 g/mol. The molecule has 0 bridgehead atoms. The third kappa shape index (κ3) is 1.76. The highest BCUT2D eigenvalue weighted by Crippen LogP contribution is 2.54. The first-order valence-electron chi connectivity index (χ1n) is 8.68. The number of esters is 1. The van der Waals surface area contributed by atoms with Crippen molar-refractivity contribution in [3.63, 3.8) is 0 Å². The molecule has 136 valence electrons. The maximum absolute atomic E-state index is 13.2. The summed E-state index contributed by atoms with van der Waals surface area (Å²) in [5.74, 6) is -0.993. The summed E-state index contributed by atoms with van der Waals surface area (Å²) in [7, 11) is 0. The molecule has 7 nitrogen and oxygen atoms in total. The first kappa shape index (κ1) is 16.1. The molecule has 1 atom stereocenters. The number of carbonyl (C=O) groups is 2. The third-order valence-corrected chi connectivity index (χ3v) is 5.40. The molecule has 1 unspecified atom stereocenters. The van der Waals surface area contributed by atoms with Gasteiger partial charge in [0.05, 0.1) is 16.8 Å². The second kappa shape index (κ2) is 5.47. The maximum Gasteiger partial charge on any atom is 0.338 e. The lowest BCUT2D eigenvalue weighted by molar-refractivity contribution is -0.137. The van der Waals surface area contributed by atoms with Crippen LogP contribution in [0.5, 0.6) is 0 Å². The number of nitrogens with one attached hydrogen (secondary N) is 1. The summed E-state index contributed by atoms with van der Waals surface area (Å²) < 4.78 is 5.32. The van der Waals surface area contributed by atoms with Crippen molar-refractivity contribution >= 4 is 23.3 Å². The van der Waals surface area contributed by atoms with Gasteiger partial charge in [-0.2, -0.15) is 5.26 Å². The number of nitrogens with two attached hydrogens (primary N) is 1. The zero-order valence-corrected chi connectivity index (χ0v) is 14.6. The molecule has 1 spiro atoms. The molecule has 0 aromatic heterocycles. The van der Waals surface area contributed by atoms with Crippen molar-refractivity contribution in [1.82, 2.24) is 0 Å². The van der Waals surface area contributed by atoms with E-state index in [-0.39, 0.29) is 23.6 Å². The molecule has 3 aliphatic rings. The minimum atomic E-state index is -1.61. The molecular formula is C21H14N4O3. The summed E-state index contributed by atoms with van der Waals surface area (Å²) in [5, 5.41) is 12.8. The molecule has 3 aliphatic heterocycles. The van der Waals surface area contributed by atoms with E-state index in [1.807, 2.05) is 30.3 Å². The molecule has 0 saturated carbocycles. The topological polar surface area (TPSA) is 108 Å². The molecule has 1 amide bonds. The lowest BCUT2D eigenvalue weighted by atomic mass is 9.67. The van der Waals surface area contributed by atoms with Gasteiger partial charge in [-0.05, 0) is 18.2 Å². The fourth-order valence-electron chi connectivity index (χ4n) is 4.28. The Kier molecular flexibility index (Phi) is 3.16. The number of hydrogen-bond acceptors (Lipinski definition) is 6. The van der Waals surface area contributed by atoms with Crippen molar-refractivity contribution in [3.8, 4) is 6.07 Å². The van der Waals surface area contributed by atoms with Crippen LogP contribution in [0.1, 0.15) is 5.56 Å². The molecule has 3 heterocycles. The van der Waals surface area contributed by atoms with Crippen molar-refractivity contribution < 1.29 is 14.3 Å². The van der Waals surface area contributed by atoms with E-state index >= 15 is 0 Å². The number of carbonyl (C=O) groups excluding carboxylic acids is 2. The number of anilines is 2. The molecule has 0 fully saturated rings. The van der Waals surface area contributed by atoms with Crippen LogP contribution in [-0.4, -0.2) is 18.5 Å². The van der Waals surface area contributed by atoms with Gasteiger partial charge in [0.2, 0.25) is 5.91 Å². The van der Waals surface area contributed by atoms with Crippen LogP contribution in [0, 0.1) is 11.3 Å². The van der Waals surface area contributed by atoms with E-state index in [0.29, 0.717) is 22.6 Å². The van der Waals surface area contributed by atoms with Crippen LogP contribution in [0.25, 0.3) is 0 Å². The fraction of sp³-hybridized carbons (Fsp3) is 0.0952. The smallest absolute Gasteiger partial charge is 0.338 e. The van der Waals surface area contributed by atoms with Crippen molar-refractivity contribution in [2.24, 2.45) is 5.73 Å². The van der Waals surface area contributed by atoms with E-state index in [9.17, 15) is 14.9 Å². The van der Waals surface area contributed by atoms with Crippen LogP contribution in [0.3, 0.4) is 0 Å². The number of amides is 1. The number of rotatable bonds is 1. The van der Waals surface area contributed by atoms with Crippen LogP contribution < -0.4 is 16.0 Å². The number of nitriles is 1. The lowest BCUT2D eigenvalue weighted by Crippen LogP contribution is -2.48. The molecule has 0 aliphatic carbocycles. The van der Waals surface area contributed by atoms with E-state index < -0.39 is 17.3 Å². The van der Waals surface area contributed by atoms with Crippen LogP contribution in [0.4, 0.5) is 11.4 Å². The SMILES string of the molecule is N#CC1=C(N)N(c2ccccc2)C2=C(C(=O)OC2)C12C(=O)Nc1ccccc12. The van der Waals surface area contributed by atoms with Gasteiger partial charge in [-0.25, -0.2) is 4.79 Å². The first-order valence-corrected chi connectivity index (χ1v) is 8.68. The monoisotopic (exact) mass is 370 g/mol. The van der Waals surface area contributed by atoms with Gasteiger partial charge in [0.1, 0.15) is 23.9 Å². The molecule has 0 saturated heterocycles. The quantitative estimate of drug-likeness (QED) is 0.742. The highest BCUT2D eigenvalue weighted by Gasteiger charge is 2.61. The summed E-state index contributed by atoms with van der Waals surface area (Å²) >= 11 is 0. The second-order valence-electron chi connectivity index (χ2n) is 6.69. The average molecular weight is 370 g/mol. The number of hydrogen-bond donors (Lipinski definition) is 2. The Morgan fingerprint density at radius 1 is 1.11 bits per heavy atom. The third-order valence-electron chi connectivity index (χ3n) is 5.40. The van der Waals surface area contributed by atoms with Gasteiger partial charge in [-0.1, -0.05) is 36.4 Å².